The second-order valence-electron chi connectivity index (χ2n) is 8.28. The van der Waals surface area contributed by atoms with Gasteiger partial charge in [-0.25, -0.2) is 0 Å². The fraction of sp³-hybridized carbons (Fsp3) is 0.667. The molecule has 1 aromatic carbocycles. The number of benzene rings is 1. The number of carbonyl (C=O) groups is 2. The first-order chi connectivity index (χ1) is 14.0. The molecule has 0 saturated carbocycles. The highest BCUT2D eigenvalue weighted by atomic mass is 16.2. The first-order valence-electron chi connectivity index (χ1n) is 11.4. The maximum Gasteiger partial charge on any atom is 0.222 e. The monoisotopic (exact) mass is 401 g/mol. The Kier molecular flexibility index (Phi) is 10.2. The number of hydrogen-bond acceptors (Lipinski definition) is 3. The zero-order chi connectivity index (χ0) is 21.1. The van der Waals surface area contributed by atoms with Crippen molar-refractivity contribution in [2.24, 2.45) is 0 Å². The Morgan fingerprint density at radius 1 is 1.07 bits per heavy atom. The largest absolute Gasteiger partial charge is 0.353 e. The molecule has 1 fully saturated rings. The minimum atomic E-state index is 0.0905. The topological polar surface area (TPSA) is 52.7 Å². The summed E-state index contributed by atoms with van der Waals surface area (Å²) in [5, 5.41) is 3.18. The molecule has 0 spiro atoms. The van der Waals surface area contributed by atoms with E-state index in [1.165, 1.54) is 11.1 Å². The third-order valence-corrected chi connectivity index (χ3v) is 5.74. The number of nitrogens with one attached hydrogen (secondary N) is 1. The van der Waals surface area contributed by atoms with Crippen molar-refractivity contribution in [3.8, 4) is 0 Å². The normalized spacial score (nSPS) is 15.3. The molecule has 5 nitrogen and oxygen atoms in total. The van der Waals surface area contributed by atoms with Crippen LogP contribution in [0, 0.1) is 6.92 Å². The average molecular weight is 402 g/mol. The van der Waals surface area contributed by atoms with Crippen LogP contribution in [-0.4, -0.2) is 53.8 Å². The lowest BCUT2D eigenvalue weighted by molar-refractivity contribution is -0.131. The molecular formula is C24H39N3O2. The van der Waals surface area contributed by atoms with Crippen LogP contribution in [0.15, 0.2) is 24.3 Å². The lowest BCUT2D eigenvalue weighted by atomic mass is 10.0. The highest BCUT2D eigenvalue weighted by Gasteiger charge is 2.21. The quantitative estimate of drug-likeness (QED) is 0.612. The van der Waals surface area contributed by atoms with E-state index in [0.29, 0.717) is 19.3 Å². The molecule has 1 aliphatic rings. The zero-order valence-electron chi connectivity index (χ0n) is 18.6. The molecule has 29 heavy (non-hydrogen) atoms. The van der Waals surface area contributed by atoms with Crippen LogP contribution in [0.5, 0.6) is 0 Å². The molecule has 0 aliphatic carbocycles. The van der Waals surface area contributed by atoms with Crippen LogP contribution in [0.25, 0.3) is 0 Å². The van der Waals surface area contributed by atoms with Gasteiger partial charge in [0, 0.05) is 51.6 Å². The SMILES string of the molecule is CCCN(CCC)C(=O)CCCC(=O)NC1CCN(Cc2ccccc2C)CC1. The molecule has 1 N–H and O–H groups in total. The van der Waals surface area contributed by atoms with E-state index in [0.717, 1.165) is 58.4 Å². The number of rotatable bonds is 11. The van der Waals surface area contributed by atoms with Crippen LogP contribution in [0.3, 0.4) is 0 Å². The van der Waals surface area contributed by atoms with Crippen molar-refractivity contribution in [2.45, 2.75) is 78.3 Å². The summed E-state index contributed by atoms with van der Waals surface area (Å²) in [5.74, 6) is 0.277. The summed E-state index contributed by atoms with van der Waals surface area (Å²) in [5.41, 5.74) is 2.73. The number of piperidine rings is 1. The minimum Gasteiger partial charge on any atom is -0.353 e. The fourth-order valence-electron chi connectivity index (χ4n) is 4.02. The summed E-state index contributed by atoms with van der Waals surface area (Å²) in [6.07, 6.45) is 5.52. The third-order valence-electron chi connectivity index (χ3n) is 5.74. The number of hydrogen-bond donors (Lipinski definition) is 1. The van der Waals surface area contributed by atoms with Gasteiger partial charge in [0.05, 0.1) is 0 Å². The van der Waals surface area contributed by atoms with Gasteiger partial charge < -0.3 is 10.2 Å². The number of aryl methyl sites for hydroxylation is 1. The average Bonchev–Trinajstić information content (AvgIpc) is 2.71. The summed E-state index contributed by atoms with van der Waals surface area (Å²) < 4.78 is 0. The van der Waals surface area contributed by atoms with Gasteiger partial charge in [0.25, 0.3) is 0 Å². The first kappa shape index (κ1) is 23.4. The van der Waals surface area contributed by atoms with E-state index in [1.807, 2.05) is 4.90 Å². The zero-order valence-corrected chi connectivity index (χ0v) is 18.6. The van der Waals surface area contributed by atoms with Gasteiger partial charge in [0.2, 0.25) is 11.8 Å². The van der Waals surface area contributed by atoms with Crippen LogP contribution in [0.1, 0.15) is 69.9 Å². The van der Waals surface area contributed by atoms with Gasteiger partial charge in [-0.1, -0.05) is 38.1 Å². The van der Waals surface area contributed by atoms with Gasteiger partial charge in [-0.05, 0) is 50.2 Å². The number of nitrogens with zero attached hydrogens (tertiary/aromatic N) is 2. The predicted molar refractivity (Wildman–Crippen MR) is 119 cm³/mol. The van der Waals surface area contributed by atoms with Crippen molar-refractivity contribution in [3.63, 3.8) is 0 Å². The van der Waals surface area contributed by atoms with E-state index in [9.17, 15) is 9.59 Å². The molecule has 0 radical (unpaired) electrons. The number of likely N-dealkylation sites (tertiary alicyclic amines) is 1. The highest BCUT2D eigenvalue weighted by Crippen LogP contribution is 2.16. The summed E-state index contributed by atoms with van der Waals surface area (Å²) >= 11 is 0. The molecular weight excluding hydrogens is 362 g/mol. The number of amides is 2. The molecule has 5 heteroatoms. The van der Waals surface area contributed by atoms with Crippen molar-refractivity contribution < 1.29 is 9.59 Å². The van der Waals surface area contributed by atoms with E-state index in [1.54, 1.807) is 0 Å². The summed E-state index contributed by atoms with van der Waals surface area (Å²) in [7, 11) is 0. The highest BCUT2D eigenvalue weighted by molar-refractivity contribution is 5.79. The maximum absolute atomic E-state index is 12.3. The van der Waals surface area contributed by atoms with Crippen molar-refractivity contribution in [3.05, 3.63) is 35.4 Å². The smallest absolute Gasteiger partial charge is 0.222 e. The Bertz CT molecular complexity index is 633. The lowest BCUT2D eigenvalue weighted by Gasteiger charge is -2.32. The Morgan fingerprint density at radius 2 is 1.72 bits per heavy atom. The van der Waals surface area contributed by atoms with Crippen LogP contribution < -0.4 is 5.32 Å². The molecule has 1 saturated heterocycles. The second kappa shape index (κ2) is 12.6. The molecule has 0 unspecified atom stereocenters. The van der Waals surface area contributed by atoms with Gasteiger partial charge in [-0.3, -0.25) is 14.5 Å². The number of carbonyl (C=O) groups excluding carboxylic acids is 2. The Balaban J connectivity index is 1.64. The molecule has 0 atom stereocenters. The van der Waals surface area contributed by atoms with Crippen LogP contribution in [0.2, 0.25) is 0 Å². The van der Waals surface area contributed by atoms with Crippen molar-refractivity contribution in [2.75, 3.05) is 26.2 Å². The van der Waals surface area contributed by atoms with Crippen LogP contribution >= 0.6 is 0 Å². The molecule has 2 rings (SSSR count). The first-order valence-corrected chi connectivity index (χ1v) is 11.4. The van der Waals surface area contributed by atoms with Gasteiger partial charge in [0.15, 0.2) is 0 Å². The Hall–Kier alpha value is -1.88. The van der Waals surface area contributed by atoms with Gasteiger partial charge in [0.1, 0.15) is 0 Å². The maximum atomic E-state index is 12.3. The molecule has 162 valence electrons. The van der Waals surface area contributed by atoms with E-state index in [4.69, 9.17) is 0 Å². The van der Waals surface area contributed by atoms with E-state index in [2.05, 4.69) is 55.3 Å². The van der Waals surface area contributed by atoms with Crippen molar-refractivity contribution >= 4 is 11.8 Å². The second-order valence-corrected chi connectivity index (χ2v) is 8.28. The predicted octanol–water partition coefficient (Wildman–Crippen LogP) is 3.89. The van der Waals surface area contributed by atoms with Crippen LogP contribution in [0.4, 0.5) is 0 Å². The molecule has 1 aromatic rings. The summed E-state index contributed by atoms with van der Waals surface area (Å²) in [4.78, 5) is 29.0. The Morgan fingerprint density at radius 3 is 2.34 bits per heavy atom. The molecule has 2 amide bonds. The summed E-state index contributed by atoms with van der Waals surface area (Å²) in [6.45, 7) is 11.0. The van der Waals surface area contributed by atoms with Crippen LogP contribution in [-0.2, 0) is 16.1 Å². The fourth-order valence-corrected chi connectivity index (χ4v) is 4.02. The standard InChI is InChI=1S/C24H39N3O2/c1-4-15-27(16-5-2)24(29)12-8-11-23(28)25-22-13-17-26(18-14-22)19-21-10-7-6-9-20(21)3/h6-7,9-10,22H,4-5,8,11-19H2,1-3H3,(H,25,28). The van der Waals surface area contributed by atoms with E-state index in [-0.39, 0.29) is 17.9 Å². The minimum absolute atomic E-state index is 0.0905. The molecule has 1 aliphatic heterocycles. The summed E-state index contributed by atoms with van der Waals surface area (Å²) in [6, 6.07) is 8.81. The van der Waals surface area contributed by atoms with Crippen molar-refractivity contribution in [1.82, 2.24) is 15.1 Å². The molecule has 0 aromatic heterocycles. The van der Waals surface area contributed by atoms with Crippen molar-refractivity contribution in [1.29, 1.82) is 0 Å². The van der Waals surface area contributed by atoms with E-state index < -0.39 is 0 Å². The third kappa shape index (κ3) is 8.17. The van der Waals surface area contributed by atoms with Gasteiger partial charge >= 0.3 is 0 Å². The van der Waals surface area contributed by atoms with E-state index >= 15 is 0 Å². The molecule has 1 heterocycles. The van der Waals surface area contributed by atoms with Gasteiger partial charge in [-0.15, -0.1) is 0 Å². The Labute approximate surface area is 176 Å². The lowest BCUT2D eigenvalue weighted by Crippen LogP contribution is -2.44. The molecule has 0 bridgehead atoms. The van der Waals surface area contributed by atoms with Gasteiger partial charge in [-0.2, -0.15) is 0 Å².